The van der Waals surface area contributed by atoms with Crippen molar-refractivity contribution in [3.8, 4) is 11.6 Å². The number of benzene rings is 1. The van der Waals surface area contributed by atoms with Crippen molar-refractivity contribution in [3.63, 3.8) is 0 Å². The highest BCUT2D eigenvalue weighted by Crippen LogP contribution is 2.27. The molecular weight excluding hydrogens is 252 g/mol. The van der Waals surface area contributed by atoms with Gasteiger partial charge in [0, 0.05) is 7.05 Å². The number of hydrogen-bond donors (Lipinski definition) is 1. The molecule has 0 radical (unpaired) electrons. The minimum Gasteiger partial charge on any atom is -0.494 e. The van der Waals surface area contributed by atoms with Crippen molar-refractivity contribution in [1.29, 1.82) is 0 Å². The van der Waals surface area contributed by atoms with Gasteiger partial charge in [-0.05, 0) is 12.1 Å². The number of ether oxygens (including phenoxy) is 1. The number of aromatic hydroxyl groups is 1. The number of thiazole rings is 1. The smallest absolute Gasteiger partial charge is 0.310 e. The summed E-state index contributed by atoms with van der Waals surface area (Å²) in [5.41, 5.74) is 0.642. The lowest BCUT2D eigenvalue weighted by Gasteiger charge is -2.02. The second kappa shape index (κ2) is 5.05. The third kappa shape index (κ3) is 2.28. The van der Waals surface area contributed by atoms with Crippen molar-refractivity contribution in [2.45, 2.75) is 0 Å². The van der Waals surface area contributed by atoms with Gasteiger partial charge < -0.3 is 9.84 Å². The van der Waals surface area contributed by atoms with E-state index in [9.17, 15) is 9.90 Å². The van der Waals surface area contributed by atoms with Crippen LogP contribution in [-0.4, -0.2) is 23.0 Å². The van der Waals surface area contributed by atoms with Crippen molar-refractivity contribution in [2.75, 3.05) is 7.11 Å². The van der Waals surface area contributed by atoms with Gasteiger partial charge in [0.1, 0.15) is 16.3 Å². The summed E-state index contributed by atoms with van der Waals surface area (Å²) in [6, 6.07) is 7.26. The second-order valence-corrected chi connectivity index (χ2v) is 4.54. The summed E-state index contributed by atoms with van der Waals surface area (Å²) in [5.74, 6) is 0.556. The predicted octanol–water partition coefficient (Wildman–Crippen LogP) is 1.91. The Bertz CT molecular complexity index is 643. The maximum atomic E-state index is 11.3. The summed E-state index contributed by atoms with van der Waals surface area (Å²) in [5, 5.41) is 9.67. The Kier molecular flexibility index (Phi) is 3.47. The minimum absolute atomic E-state index is 0.0800. The number of rotatable bonds is 3. The molecule has 0 aliphatic carbocycles. The Labute approximate surface area is 108 Å². The summed E-state index contributed by atoms with van der Waals surface area (Å²) in [7, 11) is 3.07. The summed E-state index contributed by atoms with van der Waals surface area (Å²) in [6.07, 6.45) is 1.46. The average molecular weight is 264 g/mol. The number of para-hydroxylation sites is 2. The van der Waals surface area contributed by atoms with Crippen LogP contribution in [0.1, 0.15) is 4.88 Å². The summed E-state index contributed by atoms with van der Waals surface area (Å²) in [4.78, 5) is 15.7. The third-order valence-corrected chi connectivity index (χ3v) is 3.37. The molecule has 0 spiro atoms. The summed E-state index contributed by atoms with van der Waals surface area (Å²) in [6.45, 7) is 0. The Hall–Kier alpha value is -2.08. The van der Waals surface area contributed by atoms with Gasteiger partial charge in [0.25, 0.3) is 0 Å². The van der Waals surface area contributed by atoms with Gasteiger partial charge in [-0.15, -0.1) is 0 Å². The van der Waals surface area contributed by atoms with Crippen LogP contribution in [0.25, 0.3) is 0 Å². The lowest BCUT2D eigenvalue weighted by molar-refractivity contribution is 0.416. The highest BCUT2D eigenvalue weighted by molar-refractivity contribution is 7.11. The zero-order valence-electron chi connectivity index (χ0n) is 9.95. The molecule has 1 aromatic heterocycles. The van der Waals surface area contributed by atoms with Crippen LogP contribution in [-0.2, 0) is 7.05 Å². The fourth-order valence-electron chi connectivity index (χ4n) is 1.41. The predicted molar refractivity (Wildman–Crippen MR) is 71.5 cm³/mol. The Morgan fingerprint density at radius 2 is 2.17 bits per heavy atom. The highest BCUT2D eigenvalue weighted by atomic mass is 32.1. The fraction of sp³-hybridized carbons (Fsp3) is 0.167. The second-order valence-electron chi connectivity index (χ2n) is 3.54. The van der Waals surface area contributed by atoms with E-state index in [1.165, 1.54) is 17.8 Å². The van der Waals surface area contributed by atoms with Gasteiger partial charge in [0.05, 0.1) is 13.3 Å². The molecule has 0 atom stereocenters. The molecule has 6 heteroatoms. The van der Waals surface area contributed by atoms with Crippen LogP contribution in [0.3, 0.4) is 0 Å². The number of nitrogens with zero attached hydrogens (tertiary/aromatic N) is 2. The Morgan fingerprint density at radius 3 is 2.78 bits per heavy atom. The van der Waals surface area contributed by atoms with Crippen molar-refractivity contribution >= 4 is 23.2 Å². The number of aromatic nitrogens is 1. The first-order chi connectivity index (χ1) is 8.63. The van der Waals surface area contributed by atoms with Gasteiger partial charge in [-0.2, -0.15) is 0 Å². The molecule has 94 valence electrons. The van der Waals surface area contributed by atoms with Crippen molar-refractivity contribution in [1.82, 2.24) is 4.57 Å². The molecule has 5 nitrogen and oxygen atoms in total. The van der Waals surface area contributed by atoms with E-state index in [0.29, 0.717) is 16.3 Å². The molecule has 2 rings (SSSR count). The van der Waals surface area contributed by atoms with E-state index in [2.05, 4.69) is 4.99 Å². The van der Waals surface area contributed by atoms with Gasteiger partial charge in [-0.1, -0.05) is 23.5 Å². The maximum absolute atomic E-state index is 11.3. The van der Waals surface area contributed by atoms with E-state index in [4.69, 9.17) is 4.74 Å². The molecular formula is C12H12N2O3S. The first-order valence-electron chi connectivity index (χ1n) is 5.19. The Morgan fingerprint density at radius 1 is 1.44 bits per heavy atom. The highest BCUT2D eigenvalue weighted by Gasteiger charge is 2.08. The molecule has 0 aliphatic heterocycles. The molecule has 0 fully saturated rings. The molecule has 18 heavy (non-hydrogen) atoms. The topological polar surface area (TPSA) is 63.8 Å². The quantitative estimate of drug-likeness (QED) is 0.861. The van der Waals surface area contributed by atoms with E-state index in [1.54, 1.807) is 19.2 Å². The van der Waals surface area contributed by atoms with Crippen LogP contribution in [0.5, 0.6) is 11.6 Å². The van der Waals surface area contributed by atoms with Gasteiger partial charge in [-0.3, -0.25) is 14.4 Å². The molecule has 0 unspecified atom stereocenters. The van der Waals surface area contributed by atoms with Crippen molar-refractivity contribution in [3.05, 3.63) is 38.8 Å². The molecule has 0 aliphatic rings. The zero-order chi connectivity index (χ0) is 13.1. The molecule has 2 aromatic rings. The average Bonchev–Trinajstić information content (AvgIpc) is 2.64. The van der Waals surface area contributed by atoms with Crippen LogP contribution >= 0.6 is 11.3 Å². The third-order valence-electron chi connectivity index (χ3n) is 2.42. The first kappa shape index (κ1) is 12.4. The molecule has 0 amide bonds. The maximum Gasteiger partial charge on any atom is 0.310 e. The van der Waals surface area contributed by atoms with E-state index in [-0.39, 0.29) is 10.8 Å². The standard InChI is InChI=1S/C12H12N2O3S/c1-14-11(15)10(18-12(14)16)7-13-8-5-3-4-6-9(8)17-2/h3-7,15H,1-2H3. The van der Waals surface area contributed by atoms with Crippen LogP contribution in [0.15, 0.2) is 34.1 Å². The fourth-order valence-corrected chi connectivity index (χ4v) is 2.15. The van der Waals surface area contributed by atoms with Crippen LogP contribution in [0.2, 0.25) is 0 Å². The lowest BCUT2D eigenvalue weighted by atomic mass is 10.3. The zero-order valence-corrected chi connectivity index (χ0v) is 10.8. The van der Waals surface area contributed by atoms with Crippen molar-refractivity contribution in [2.24, 2.45) is 12.0 Å². The SMILES string of the molecule is COc1ccccc1N=Cc1sc(=O)n(C)c1O. The summed E-state index contributed by atoms with van der Waals surface area (Å²) >= 11 is 0.941. The van der Waals surface area contributed by atoms with Crippen LogP contribution < -0.4 is 9.61 Å². The first-order valence-corrected chi connectivity index (χ1v) is 6.01. The van der Waals surface area contributed by atoms with Gasteiger partial charge in [0.2, 0.25) is 5.88 Å². The lowest BCUT2D eigenvalue weighted by Crippen LogP contribution is -2.05. The summed E-state index contributed by atoms with van der Waals surface area (Å²) < 4.78 is 6.33. The van der Waals surface area contributed by atoms with E-state index in [0.717, 1.165) is 11.3 Å². The molecule has 0 saturated carbocycles. The number of hydrogen-bond acceptors (Lipinski definition) is 5. The van der Waals surface area contributed by atoms with Gasteiger partial charge >= 0.3 is 4.87 Å². The van der Waals surface area contributed by atoms with Crippen LogP contribution in [0, 0.1) is 0 Å². The molecule has 1 aromatic carbocycles. The largest absolute Gasteiger partial charge is 0.494 e. The normalized spacial score (nSPS) is 11.0. The van der Waals surface area contributed by atoms with Gasteiger partial charge in [0.15, 0.2) is 0 Å². The molecule has 1 heterocycles. The van der Waals surface area contributed by atoms with Gasteiger partial charge in [-0.25, -0.2) is 0 Å². The number of methoxy groups -OCH3 is 1. The molecule has 0 bridgehead atoms. The van der Waals surface area contributed by atoms with E-state index < -0.39 is 0 Å². The van der Waals surface area contributed by atoms with E-state index >= 15 is 0 Å². The van der Waals surface area contributed by atoms with Crippen LogP contribution in [0.4, 0.5) is 5.69 Å². The number of aliphatic imine (C=N–C) groups is 1. The molecule has 0 saturated heterocycles. The monoisotopic (exact) mass is 264 g/mol. The van der Waals surface area contributed by atoms with E-state index in [1.807, 2.05) is 12.1 Å². The van der Waals surface area contributed by atoms with Crippen molar-refractivity contribution < 1.29 is 9.84 Å². The minimum atomic E-state index is -0.228. The molecule has 1 N–H and O–H groups in total. The Balaban J connectivity index is 2.36.